The topological polar surface area (TPSA) is 84.1 Å². The molecule has 134 valence electrons. The summed E-state index contributed by atoms with van der Waals surface area (Å²) in [5.74, 6) is 0.350. The van der Waals surface area contributed by atoms with Crippen LogP contribution in [0, 0.1) is 0 Å². The molecule has 1 aromatic carbocycles. The first-order chi connectivity index (χ1) is 12.4. The Balaban J connectivity index is 1.75. The number of pyridine rings is 1. The molecule has 0 atom stereocenters. The van der Waals surface area contributed by atoms with Gasteiger partial charge in [-0.2, -0.15) is 0 Å². The highest BCUT2D eigenvalue weighted by atomic mass is 79.9. The number of nitrogens with one attached hydrogen (secondary N) is 2. The van der Waals surface area contributed by atoms with Crippen LogP contribution in [0.25, 0.3) is 10.6 Å². The summed E-state index contributed by atoms with van der Waals surface area (Å²) >= 11 is 4.61. The van der Waals surface area contributed by atoms with Crippen molar-refractivity contribution in [3.63, 3.8) is 0 Å². The molecular weight excluding hydrogens is 418 g/mol. The van der Waals surface area contributed by atoms with Crippen LogP contribution in [-0.4, -0.2) is 22.0 Å². The Bertz CT molecular complexity index is 980. The highest BCUT2D eigenvalue weighted by Gasteiger charge is 2.14. The summed E-state index contributed by atoms with van der Waals surface area (Å²) in [5.41, 5.74) is 0.934. The molecule has 1 amide bonds. The molecule has 0 saturated heterocycles. The van der Waals surface area contributed by atoms with E-state index in [1.807, 2.05) is 38.1 Å². The Hall–Kier alpha value is -2.45. The van der Waals surface area contributed by atoms with Gasteiger partial charge in [0.1, 0.15) is 22.1 Å². The average molecular weight is 434 g/mol. The van der Waals surface area contributed by atoms with Gasteiger partial charge in [-0.15, -0.1) is 11.3 Å². The second-order valence-electron chi connectivity index (χ2n) is 5.74. The molecule has 0 bridgehead atoms. The first-order valence-electron chi connectivity index (χ1n) is 7.84. The molecule has 0 saturated carbocycles. The van der Waals surface area contributed by atoms with Crippen LogP contribution >= 0.6 is 27.3 Å². The molecule has 8 heteroatoms. The summed E-state index contributed by atoms with van der Waals surface area (Å²) in [6.07, 6.45) is 1.61. The number of anilines is 1. The molecule has 2 aromatic heterocycles. The summed E-state index contributed by atoms with van der Waals surface area (Å²) in [7, 11) is 0. The Morgan fingerprint density at radius 3 is 2.73 bits per heavy atom. The Labute approximate surface area is 162 Å². The monoisotopic (exact) mass is 433 g/mol. The van der Waals surface area contributed by atoms with Gasteiger partial charge in [0.05, 0.1) is 6.10 Å². The molecule has 0 fully saturated rings. The predicted molar refractivity (Wildman–Crippen MR) is 106 cm³/mol. The molecule has 26 heavy (non-hydrogen) atoms. The SMILES string of the molecule is CC(C)Oc1ccc(-c2nc(C(=O)Nc3cc(Br)c[nH]c3=O)cs2)cc1. The summed E-state index contributed by atoms with van der Waals surface area (Å²) in [6.45, 7) is 3.94. The molecule has 3 rings (SSSR count). The third-order valence-corrected chi connectivity index (χ3v) is 4.68. The number of carbonyl (C=O) groups is 1. The van der Waals surface area contributed by atoms with E-state index in [2.05, 4.69) is 31.2 Å². The smallest absolute Gasteiger partial charge is 0.275 e. The van der Waals surface area contributed by atoms with Crippen molar-refractivity contribution in [3.05, 3.63) is 62.4 Å². The third-order valence-electron chi connectivity index (χ3n) is 3.33. The van der Waals surface area contributed by atoms with Crippen LogP contribution in [0.5, 0.6) is 5.75 Å². The number of nitrogens with zero attached hydrogens (tertiary/aromatic N) is 1. The lowest BCUT2D eigenvalue weighted by molar-refractivity contribution is 0.102. The molecular formula is C18H16BrN3O3S. The van der Waals surface area contributed by atoms with E-state index in [4.69, 9.17) is 4.74 Å². The molecule has 0 unspecified atom stereocenters. The molecule has 0 aliphatic carbocycles. The van der Waals surface area contributed by atoms with Crippen LogP contribution in [0.15, 0.2) is 51.2 Å². The Morgan fingerprint density at radius 2 is 2.04 bits per heavy atom. The van der Waals surface area contributed by atoms with E-state index < -0.39 is 5.91 Å². The van der Waals surface area contributed by atoms with E-state index in [9.17, 15) is 9.59 Å². The summed E-state index contributed by atoms with van der Waals surface area (Å²) in [6, 6.07) is 9.08. The van der Waals surface area contributed by atoms with Crippen molar-refractivity contribution in [2.45, 2.75) is 20.0 Å². The number of rotatable bonds is 5. The van der Waals surface area contributed by atoms with E-state index >= 15 is 0 Å². The fraction of sp³-hybridized carbons (Fsp3) is 0.167. The molecule has 0 spiro atoms. The minimum Gasteiger partial charge on any atom is -0.491 e. The van der Waals surface area contributed by atoms with Crippen LogP contribution in [0.2, 0.25) is 0 Å². The van der Waals surface area contributed by atoms with Crippen molar-refractivity contribution in [1.82, 2.24) is 9.97 Å². The van der Waals surface area contributed by atoms with Gasteiger partial charge in [0.15, 0.2) is 0 Å². The predicted octanol–water partition coefficient (Wildman–Crippen LogP) is 4.30. The maximum Gasteiger partial charge on any atom is 0.275 e. The number of amides is 1. The number of hydrogen-bond donors (Lipinski definition) is 2. The maximum absolute atomic E-state index is 12.3. The molecule has 6 nitrogen and oxygen atoms in total. The Morgan fingerprint density at radius 1 is 1.31 bits per heavy atom. The number of hydrogen-bond acceptors (Lipinski definition) is 5. The van der Waals surface area contributed by atoms with Gasteiger partial charge in [0.25, 0.3) is 11.5 Å². The molecule has 0 aliphatic rings. The largest absolute Gasteiger partial charge is 0.491 e. The number of aromatic nitrogens is 2. The van der Waals surface area contributed by atoms with Crippen LogP contribution in [-0.2, 0) is 0 Å². The first-order valence-corrected chi connectivity index (χ1v) is 9.52. The molecule has 0 aliphatic heterocycles. The number of aromatic amines is 1. The Kier molecular flexibility index (Phi) is 5.53. The van der Waals surface area contributed by atoms with E-state index in [1.165, 1.54) is 23.6 Å². The fourth-order valence-electron chi connectivity index (χ4n) is 2.20. The molecule has 0 radical (unpaired) electrons. The fourth-order valence-corrected chi connectivity index (χ4v) is 3.35. The summed E-state index contributed by atoms with van der Waals surface area (Å²) < 4.78 is 6.28. The van der Waals surface area contributed by atoms with Gasteiger partial charge in [-0.3, -0.25) is 9.59 Å². The number of halogens is 1. The van der Waals surface area contributed by atoms with Gasteiger partial charge in [-0.05, 0) is 60.1 Å². The van der Waals surface area contributed by atoms with Gasteiger partial charge in [-0.1, -0.05) is 0 Å². The van der Waals surface area contributed by atoms with Crippen LogP contribution in [0.4, 0.5) is 5.69 Å². The van der Waals surface area contributed by atoms with Crippen molar-refractivity contribution in [2.24, 2.45) is 0 Å². The van der Waals surface area contributed by atoms with Gasteiger partial charge in [-0.25, -0.2) is 4.98 Å². The highest BCUT2D eigenvalue weighted by Crippen LogP contribution is 2.26. The normalized spacial score (nSPS) is 10.8. The zero-order valence-corrected chi connectivity index (χ0v) is 16.5. The second kappa shape index (κ2) is 7.84. The molecule has 2 N–H and O–H groups in total. The van der Waals surface area contributed by atoms with Gasteiger partial charge < -0.3 is 15.0 Å². The minimum absolute atomic E-state index is 0.109. The highest BCUT2D eigenvalue weighted by molar-refractivity contribution is 9.10. The number of H-pyrrole nitrogens is 1. The van der Waals surface area contributed by atoms with Crippen molar-refractivity contribution in [3.8, 4) is 16.3 Å². The number of benzene rings is 1. The number of thiazole rings is 1. The van der Waals surface area contributed by atoms with E-state index in [-0.39, 0.29) is 23.0 Å². The molecule has 2 heterocycles. The second-order valence-corrected chi connectivity index (χ2v) is 7.52. The zero-order valence-electron chi connectivity index (χ0n) is 14.1. The quantitative estimate of drug-likeness (QED) is 0.627. The third kappa shape index (κ3) is 4.39. The van der Waals surface area contributed by atoms with Gasteiger partial charge >= 0.3 is 0 Å². The minimum atomic E-state index is -0.434. The van der Waals surface area contributed by atoms with Crippen molar-refractivity contribution >= 4 is 38.9 Å². The summed E-state index contributed by atoms with van der Waals surface area (Å²) in [4.78, 5) is 31.0. The summed E-state index contributed by atoms with van der Waals surface area (Å²) in [5, 5.41) is 4.95. The van der Waals surface area contributed by atoms with Crippen LogP contribution < -0.4 is 15.6 Å². The lowest BCUT2D eigenvalue weighted by Gasteiger charge is -2.09. The number of carbonyl (C=O) groups excluding carboxylic acids is 1. The average Bonchev–Trinajstić information content (AvgIpc) is 3.08. The van der Waals surface area contributed by atoms with E-state index in [0.29, 0.717) is 4.47 Å². The molecule has 3 aromatic rings. The number of ether oxygens (including phenoxy) is 1. The van der Waals surface area contributed by atoms with Crippen LogP contribution in [0.3, 0.4) is 0 Å². The van der Waals surface area contributed by atoms with Crippen molar-refractivity contribution < 1.29 is 9.53 Å². The van der Waals surface area contributed by atoms with Gasteiger partial charge in [0.2, 0.25) is 0 Å². The first kappa shape index (κ1) is 18.3. The van der Waals surface area contributed by atoms with E-state index in [0.717, 1.165) is 16.3 Å². The van der Waals surface area contributed by atoms with Crippen molar-refractivity contribution in [2.75, 3.05) is 5.32 Å². The maximum atomic E-state index is 12.3. The van der Waals surface area contributed by atoms with Crippen molar-refractivity contribution in [1.29, 1.82) is 0 Å². The standard InChI is InChI=1S/C18H16BrN3O3S/c1-10(2)25-13-5-3-11(4-6-13)18-22-15(9-26-18)17(24)21-14-7-12(19)8-20-16(14)23/h3-10H,1-2H3,(H,20,23)(H,21,24). The van der Waals surface area contributed by atoms with Crippen LogP contribution in [0.1, 0.15) is 24.3 Å². The lowest BCUT2D eigenvalue weighted by Crippen LogP contribution is -2.19. The lowest BCUT2D eigenvalue weighted by atomic mass is 10.2. The zero-order chi connectivity index (χ0) is 18.7. The van der Waals surface area contributed by atoms with Gasteiger partial charge in [0, 0.05) is 21.6 Å². The van der Waals surface area contributed by atoms with E-state index in [1.54, 1.807) is 5.38 Å².